The van der Waals surface area contributed by atoms with E-state index in [0.29, 0.717) is 19.4 Å². The number of nitro groups is 1. The van der Waals surface area contributed by atoms with E-state index in [4.69, 9.17) is 0 Å². The van der Waals surface area contributed by atoms with Gasteiger partial charge < -0.3 is 10.4 Å². The van der Waals surface area contributed by atoms with E-state index in [0.717, 1.165) is 18.2 Å². The van der Waals surface area contributed by atoms with Gasteiger partial charge in [-0.3, -0.25) is 10.1 Å². The topological polar surface area (TPSA) is 75.4 Å². The molecule has 6 heteroatoms. The number of nitrogens with zero attached hydrogens (tertiary/aromatic N) is 1. The van der Waals surface area contributed by atoms with E-state index in [1.165, 1.54) is 0 Å². The molecule has 106 valence electrons. The largest absolute Gasteiger partial charge is 0.389 e. The van der Waals surface area contributed by atoms with Gasteiger partial charge in [-0.05, 0) is 25.0 Å². The third-order valence-corrected chi connectivity index (χ3v) is 3.32. The molecular weight excluding hydrogens is 251 g/mol. The van der Waals surface area contributed by atoms with Crippen molar-refractivity contribution >= 4 is 5.69 Å². The van der Waals surface area contributed by atoms with Crippen LogP contribution in [0.3, 0.4) is 0 Å². The van der Waals surface area contributed by atoms with Crippen LogP contribution < -0.4 is 5.32 Å². The smallest absolute Gasteiger partial charge is 0.274 e. The monoisotopic (exact) mass is 270 g/mol. The molecular formula is C13H19FN2O3. The molecule has 0 aliphatic carbocycles. The number of rotatable bonds is 7. The fraction of sp³-hybridized carbons (Fsp3) is 0.538. The summed E-state index contributed by atoms with van der Waals surface area (Å²) in [6, 6.07) is 3.36. The quantitative estimate of drug-likeness (QED) is 0.589. The Bertz CT molecular complexity index is 448. The van der Waals surface area contributed by atoms with Crippen LogP contribution in [0.5, 0.6) is 0 Å². The highest BCUT2D eigenvalue weighted by Crippen LogP contribution is 2.20. The zero-order chi connectivity index (χ0) is 14.5. The molecule has 0 unspecified atom stereocenters. The normalized spacial score (nSPS) is 11.6. The van der Waals surface area contributed by atoms with Crippen LogP contribution in [0, 0.1) is 15.9 Å². The highest BCUT2D eigenvalue weighted by Gasteiger charge is 2.22. The van der Waals surface area contributed by atoms with Crippen molar-refractivity contribution in [2.45, 2.75) is 38.8 Å². The van der Waals surface area contributed by atoms with Gasteiger partial charge >= 0.3 is 0 Å². The number of hydrogen-bond donors (Lipinski definition) is 2. The van der Waals surface area contributed by atoms with Crippen LogP contribution in [0.15, 0.2) is 18.2 Å². The average molecular weight is 270 g/mol. The molecule has 1 rings (SSSR count). The van der Waals surface area contributed by atoms with Crippen molar-refractivity contribution in [3.8, 4) is 0 Å². The highest BCUT2D eigenvalue weighted by molar-refractivity contribution is 5.40. The summed E-state index contributed by atoms with van der Waals surface area (Å²) < 4.78 is 13.1. The Morgan fingerprint density at radius 2 is 2.05 bits per heavy atom. The lowest BCUT2D eigenvalue weighted by atomic mass is 9.97. The predicted molar refractivity (Wildman–Crippen MR) is 70.3 cm³/mol. The summed E-state index contributed by atoms with van der Waals surface area (Å²) in [6.45, 7) is 4.20. The van der Waals surface area contributed by atoms with Crippen molar-refractivity contribution in [1.29, 1.82) is 0 Å². The van der Waals surface area contributed by atoms with E-state index < -0.39 is 16.3 Å². The van der Waals surface area contributed by atoms with Crippen LogP contribution in [-0.2, 0) is 6.54 Å². The first-order valence-electron chi connectivity index (χ1n) is 6.27. The molecule has 5 nitrogen and oxygen atoms in total. The SMILES string of the molecule is CCC(O)(CC)CNCc1cc(F)ccc1[N+](=O)[O-]. The maximum absolute atomic E-state index is 13.1. The molecule has 0 radical (unpaired) electrons. The van der Waals surface area contributed by atoms with Crippen LogP contribution in [-0.4, -0.2) is 22.2 Å². The van der Waals surface area contributed by atoms with Crippen LogP contribution in [0.2, 0.25) is 0 Å². The summed E-state index contributed by atoms with van der Waals surface area (Å²) >= 11 is 0. The molecule has 1 aromatic rings. The lowest BCUT2D eigenvalue weighted by Crippen LogP contribution is -2.39. The van der Waals surface area contributed by atoms with Crippen LogP contribution >= 0.6 is 0 Å². The van der Waals surface area contributed by atoms with E-state index >= 15 is 0 Å². The first kappa shape index (κ1) is 15.5. The summed E-state index contributed by atoms with van der Waals surface area (Å²) in [5.74, 6) is -0.511. The minimum Gasteiger partial charge on any atom is -0.389 e. The lowest BCUT2D eigenvalue weighted by molar-refractivity contribution is -0.385. The van der Waals surface area contributed by atoms with Gasteiger partial charge in [0, 0.05) is 24.7 Å². The minimum absolute atomic E-state index is 0.120. The van der Waals surface area contributed by atoms with Gasteiger partial charge in [0.2, 0.25) is 0 Å². The van der Waals surface area contributed by atoms with Crippen LogP contribution in [0.4, 0.5) is 10.1 Å². The van der Waals surface area contributed by atoms with E-state index in [9.17, 15) is 19.6 Å². The fourth-order valence-corrected chi connectivity index (χ4v) is 1.80. The van der Waals surface area contributed by atoms with Crippen molar-refractivity contribution in [1.82, 2.24) is 5.32 Å². The molecule has 2 N–H and O–H groups in total. The highest BCUT2D eigenvalue weighted by atomic mass is 19.1. The maximum Gasteiger partial charge on any atom is 0.274 e. The zero-order valence-electron chi connectivity index (χ0n) is 11.1. The molecule has 0 aliphatic rings. The number of nitrogens with one attached hydrogen (secondary N) is 1. The Morgan fingerprint density at radius 3 is 2.58 bits per heavy atom. The first-order valence-corrected chi connectivity index (χ1v) is 6.27. The Morgan fingerprint density at radius 1 is 1.42 bits per heavy atom. The molecule has 0 fully saturated rings. The number of halogens is 1. The molecule has 0 saturated heterocycles. The van der Waals surface area contributed by atoms with Gasteiger partial charge in [0.05, 0.1) is 10.5 Å². The minimum atomic E-state index is -0.831. The molecule has 0 heterocycles. The molecule has 1 aromatic carbocycles. The van der Waals surface area contributed by atoms with E-state index in [1.807, 2.05) is 13.8 Å². The molecule has 0 amide bonds. The molecule has 0 bridgehead atoms. The van der Waals surface area contributed by atoms with Gasteiger partial charge in [-0.1, -0.05) is 13.8 Å². The van der Waals surface area contributed by atoms with Crippen molar-refractivity contribution in [3.63, 3.8) is 0 Å². The van der Waals surface area contributed by atoms with Gasteiger partial charge in [0.15, 0.2) is 0 Å². The van der Waals surface area contributed by atoms with E-state index in [1.54, 1.807) is 0 Å². The first-order chi connectivity index (χ1) is 8.91. The fourth-order valence-electron chi connectivity index (χ4n) is 1.80. The third kappa shape index (κ3) is 4.25. The summed E-state index contributed by atoms with van der Waals surface area (Å²) in [5.41, 5.74) is -0.674. The second kappa shape index (κ2) is 6.58. The van der Waals surface area contributed by atoms with Crippen molar-refractivity contribution in [3.05, 3.63) is 39.7 Å². The molecule has 0 aromatic heterocycles. The standard InChI is InChI=1S/C13H19FN2O3/c1-3-13(17,4-2)9-15-8-10-7-11(14)5-6-12(10)16(18)19/h5-7,15,17H,3-4,8-9H2,1-2H3. The summed E-state index contributed by atoms with van der Waals surface area (Å²) in [7, 11) is 0. The zero-order valence-corrected chi connectivity index (χ0v) is 11.1. The predicted octanol–water partition coefficient (Wildman–Crippen LogP) is 2.37. The summed E-state index contributed by atoms with van der Waals surface area (Å²) in [5, 5.41) is 23.8. The number of nitro benzene ring substituents is 1. The van der Waals surface area contributed by atoms with Gasteiger partial charge in [0.1, 0.15) is 5.82 Å². The van der Waals surface area contributed by atoms with Gasteiger partial charge in [0.25, 0.3) is 5.69 Å². The number of hydrogen-bond acceptors (Lipinski definition) is 4. The third-order valence-electron chi connectivity index (χ3n) is 3.32. The molecule has 0 aliphatic heterocycles. The lowest BCUT2D eigenvalue weighted by Gasteiger charge is -2.25. The maximum atomic E-state index is 13.1. The molecule has 0 saturated carbocycles. The van der Waals surface area contributed by atoms with Crippen LogP contribution in [0.1, 0.15) is 32.3 Å². The Balaban J connectivity index is 2.72. The van der Waals surface area contributed by atoms with Crippen molar-refractivity contribution in [2.24, 2.45) is 0 Å². The Hall–Kier alpha value is -1.53. The summed E-state index contributed by atoms with van der Waals surface area (Å²) in [6.07, 6.45) is 1.17. The Kier molecular flexibility index (Phi) is 5.38. The van der Waals surface area contributed by atoms with Gasteiger partial charge in [-0.2, -0.15) is 0 Å². The van der Waals surface area contributed by atoms with Crippen molar-refractivity contribution < 1.29 is 14.4 Å². The average Bonchev–Trinajstić information content (AvgIpc) is 2.38. The van der Waals surface area contributed by atoms with Gasteiger partial charge in [-0.25, -0.2) is 4.39 Å². The van der Waals surface area contributed by atoms with Crippen molar-refractivity contribution in [2.75, 3.05) is 6.54 Å². The molecule has 0 spiro atoms. The summed E-state index contributed by atoms with van der Waals surface area (Å²) in [4.78, 5) is 10.3. The number of benzene rings is 1. The molecule has 19 heavy (non-hydrogen) atoms. The van der Waals surface area contributed by atoms with Crippen LogP contribution in [0.25, 0.3) is 0 Å². The Labute approximate surface area is 111 Å². The van der Waals surface area contributed by atoms with E-state index in [-0.39, 0.29) is 17.8 Å². The number of aliphatic hydroxyl groups is 1. The molecule has 0 atom stereocenters. The second-order valence-electron chi connectivity index (χ2n) is 4.57. The van der Waals surface area contributed by atoms with E-state index in [2.05, 4.69) is 5.32 Å². The second-order valence-corrected chi connectivity index (χ2v) is 4.57. The van der Waals surface area contributed by atoms with Gasteiger partial charge in [-0.15, -0.1) is 0 Å².